The minimum Gasteiger partial charge on any atom is -0.392 e. The van der Waals surface area contributed by atoms with E-state index < -0.39 is 0 Å². The summed E-state index contributed by atoms with van der Waals surface area (Å²) < 4.78 is 0. The number of aliphatic hydroxyl groups is 1. The van der Waals surface area contributed by atoms with Gasteiger partial charge in [0.2, 0.25) is 0 Å². The Hall–Kier alpha value is -1.93. The molecule has 3 rings (SSSR count). The molecule has 0 unspecified atom stereocenters. The van der Waals surface area contributed by atoms with Gasteiger partial charge in [-0.25, -0.2) is 4.98 Å². The van der Waals surface area contributed by atoms with Crippen LogP contribution < -0.4 is 0 Å². The molecule has 0 fully saturated rings. The second-order valence-electron chi connectivity index (χ2n) is 3.83. The molecule has 0 spiro atoms. The number of para-hydroxylation sites is 2. The SMILES string of the molecule is CC.OCc1cccc2cc3ccccc3nc12. The number of aliphatic hydroxyl groups excluding tert-OH is 1. The van der Waals surface area contributed by atoms with Crippen LogP contribution in [0.2, 0.25) is 0 Å². The number of rotatable bonds is 1. The summed E-state index contributed by atoms with van der Waals surface area (Å²) >= 11 is 0. The van der Waals surface area contributed by atoms with Gasteiger partial charge in [-0.3, -0.25) is 0 Å². The maximum Gasteiger partial charge on any atom is 0.0764 e. The molecule has 0 atom stereocenters. The Labute approximate surface area is 107 Å². The first kappa shape index (κ1) is 12.5. The van der Waals surface area contributed by atoms with Crippen LogP contribution >= 0.6 is 0 Å². The molecular weight excluding hydrogens is 222 g/mol. The van der Waals surface area contributed by atoms with Gasteiger partial charge in [0, 0.05) is 16.3 Å². The van der Waals surface area contributed by atoms with Gasteiger partial charge < -0.3 is 5.11 Å². The van der Waals surface area contributed by atoms with Crippen molar-refractivity contribution in [2.24, 2.45) is 0 Å². The predicted molar refractivity (Wildman–Crippen MR) is 76.5 cm³/mol. The summed E-state index contributed by atoms with van der Waals surface area (Å²) in [4.78, 5) is 4.59. The number of aromatic nitrogens is 1. The molecule has 18 heavy (non-hydrogen) atoms. The third kappa shape index (κ3) is 2.20. The molecule has 92 valence electrons. The van der Waals surface area contributed by atoms with Crippen molar-refractivity contribution in [1.82, 2.24) is 4.98 Å². The molecule has 3 aromatic rings. The zero-order valence-corrected chi connectivity index (χ0v) is 10.7. The van der Waals surface area contributed by atoms with Crippen LogP contribution in [0.3, 0.4) is 0 Å². The maximum atomic E-state index is 9.27. The fraction of sp³-hybridized carbons (Fsp3) is 0.188. The molecule has 1 aromatic heterocycles. The average Bonchev–Trinajstić information content (AvgIpc) is 2.46. The highest BCUT2D eigenvalue weighted by atomic mass is 16.3. The molecule has 0 aliphatic heterocycles. The Morgan fingerprint density at radius 3 is 2.44 bits per heavy atom. The molecular formula is C16H17NO. The molecule has 0 saturated heterocycles. The van der Waals surface area contributed by atoms with Crippen LogP contribution in [0.1, 0.15) is 19.4 Å². The van der Waals surface area contributed by atoms with Crippen molar-refractivity contribution in [3.63, 3.8) is 0 Å². The van der Waals surface area contributed by atoms with Gasteiger partial charge in [-0.05, 0) is 12.1 Å². The van der Waals surface area contributed by atoms with Gasteiger partial charge in [-0.2, -0.15) is 0 Å². The molecule has 0 aliphatic rings. The summed E-state index contributed by atoms with van der Waals surface area (Å²) in [6, 6.07) is 16.0. The van der Waals surface area contributed by atoms with Crippen LogP contribution in [0.25, 0.3) is 21.8 Å². The average molecular weight is 239 g/mol. The van der Waals surface area contributed by atoms with Gasteiger partial charge in [0.05, 0.1) is 17.6 Å². The topological polar surface area (TPSA) is 33.1 Å². The Morgan fingerprint density at radius 1 is 0.944 bits per heavy atom. The Kier molecular flexibility index (Phi) is 3.90. The van der Waals surface area contributed by atoms with Crippen molar-refractivity contribution in [2.45, 2.75) is 20.5 Å². The fourth-order valence-electron chi connectivity index (χ4n) is 1.99. The summed E-state index contributed by atoms with van der Waals surface area (Å²) in [7, 11) is 0. The van der Waals surface area contributed by atoms with Crippen LogP contribution in [-0.4, -0.2) is 10.1 Å². The number of benzene rings is 2. The minimum atomic E-state index is 0.0304. The zero-order chi connectivity index (χ0) is 13.0. The lowest BCUT2D eigenvalue weighted by molar-refractivity contribution is 0.283. The monoisotopic (exact) mass is 239 g/mol. The van der Waals surface area contributed by atoms with Gasteiger partial charge in [-0.1, -0.05) is 50.2 Å². The van der Waals surface area contributed by atoms with Crippen molar-refractivity contribution in [2.75, 3.05) is 0 Å². The zero-order valence-electron chi connectivity index (χ0n) is 10.7. The lowest BCUT2D eigenvalue weighted by Crippen LogP contribution is -1.89. The first-order valence-electron chi connectivity index (χ1n) is 6.27. The van der Waals surface area contributed by atoms with Gasteiger partial charge in [0.25, 0.3) is 0 Å². The number of fused-ring (bicyclic) bond motifs is 2. The van der Waals surface area contributed by atoms with Gasteiger partial charge in [-0.15, -0.1) is 0 Å². The number of pyridine rings is 1. The van der Waals surface area contributed by atoms with Gasteiger partial charge in [0.15, 0.2) is 0 Å². The molecule has 0 saturated carbocycles. The van der Waals surface area contributed by atoms with Crippen LogP contribution in [0, 0.1) is 0 Å². The Morgan fingerprint density at radius 2 is 1.67 bits per heavy atom. The van der Waals surface area contributed by atoms with E-state index in [0.717, 1.165) is 27.4 Å². The molecule has 0 aliphatic carbocycles. The van der Waals surface area contributed by atoms with Crippen molar-refractivity contribution in [3.05, 3.63) is 54.1 Å². The minimum absolute atomic E-state index is 0.0304. The van der Waals surface area contributed by atoms with Gasteiger partial charge in [0.1, 0.15) is 0 Å². The second-order valence-corrected chi connectivity index (χ2v) is 3.83. The summed E-state index contributed by atoms with van der Waals surface area (Å²) in [5.74, 6) is 0. The molecule has 1 heterocycles. The molecule has 2 heteroatoms. The van der Waals surface area contributed by atoms with Crippen LogP contribution in [0.15, 0.2) is 48.5 Å². The quantitative estimate of drug-likeness (QED) is 0.653. The van der Waals surface area contributed by atoms with Crippen molar-refractivity contribution in [3.8, 4) is 0 Å². The smallest absolute Gasteiger partial charge is 0.0764 e. The number of hydrogen-bond donors (Lipinski definition) is 1. The Balaban J connectivity index is 0.000000574. The summed E-state index contributed by atoms with van der Waals surface area (Å²) in [5.41, 5.74) is 2.74. The highest BCUT2D eigenvalue weighted by molar-refractivity contribution is 5.93. The van der Waals surface area contributed by atoms with Crippen LogP contribution in [0.5, 0.6) is 0 Å². The van der Waals surface area contributed by atoms with E-state index in [4.69, 9.17) is 0 Å². The van der Waals surface area contributed by atoms with E-state index in [1.807, 2.05) is 56.3 Å². The molecule has 0 bridgehead atoms. The fourth-order valence-corrected chi connectivity index (χ4v) is 1.99. The van der Waals surface area contributed by atoms with Gasteiger partial charge >= 0.3 is 0 Å². The van der Waals surface area contributed by atoms with E-state index in [-0.39, 0.29) is 6.61 Å². The predicted octanol–water partition coefficient (Wildman–Crippen LogP) is 3.91. The van der Waals surface area contributed by atoms with Crippen LogP contribution in [-0.2, 0) is 6.61 Å². The third-order valence-electron chi connectivity index (χ3n) is 2.80. The third-order valence-corrected chi connectivity index (χ3v) is 2.80. The lowest BCUT2D eigenvalue weighted by atomic mass is 10.1. The summed E-state index contributed by atoms with van der Waals surface area (Å²) in [6.45, 7) is 4.03. The number of nitrogens with zero attached hydrogens (tertiary/aromatic N) is 1. The largest absolute Gasteiger partial charge is 0.392 e. The Bertz CT molecular complexity index is 661. The second kappa shape index (κ2) is 5.61. The molecule has 1 N–H and O–H groups in total. The molecule has 2 nitrogen and oxygen atoms in total. The van der Waals surface area contributed by atoms with E-state index in [2.05, 4.69) is 11.1 Å². The molecule has 0 amide bonds. The van der Waals surface area contributed by atoms with Crippen molar-refractivity contribution >= 4 is 21.8 Å². The van der Waals surface area contributed by atoms with E-state index in [0.29, 0.717) is 0 Å². The van der Waals surface area contributed by atoms with E-state index in [1.165, 1.54) is 0 Å². The van der Waals surface area contributed by atoms with E-state index in [1.54, 1.807) is 0 Å². The standard InChI is InChI=1S/C14H11NO.C2H6/c16-9-12-6-3-5-11-8-10-4-1-2-7-13(10)15-14(11)12;1-2/h1-8,16H,9H2;1-2H3. The van der Waals surface area contributed by atoms with Crippen molar-refractivity contribution < 1.29 is 5.11 Å². The van der Waals surface area contributed by atoms with E-state index in [9.17, 15) is 5.11 Å². The van der Waals surface area contributed by atoms with Crippen molar-refractivity contribution in [1.29, 1.82) is 0 Å². The lowest BCUT2D eigenvalue weighted by Gasteiger charge is -2.04. The van der Waals surface area contributed by atoms with Crippen LogP contribution in [0.4, 0.5) is 0 Å². The van der Waals surface area contributed by atoms with E-state index >= 15 is 0 Å². The highest BCUT2D eigenvalue weighted by Gasteiger charge is 2.03. The normalized spacial score (nSPS) is 10.2. The molecule has 0 radical (unpaired) electrons. The number of hydrogen-bond acceptors (Lipinski definition) is 2. The molecule has 2 aromatic carbocycles. The first-order chi connectivity index (χ1) is 8.88. The highest BCUT2D eigenvalue weighted by Crippen LogP contribution is 2.22. The maximum absolute atomic E-state index is 9.27. The first-order valence-corrected chi connectivity index (χ1v) is 6.27. The summed E-state index contributed by atoms with van der Waals surface area (Å²) in [5, 5.41) is 11.5. The summed E-state index contributed by atoms with van der Waals surface area (Å²) in [6.07, 6.45) is 0.